The molecule has 150 valence electrons. The van der Waals surface area contributed by atoms with Gasteiger partial charge in [0.1, 0.15) is 6.54 Å². The molecule has 29 heavy (non-hydrogen) atoms. The molecule has 0 N–H and O–H groups in total. The summed E-state index contributed by atoms with van der Waals surface area (Å²) in [5.41, 5.74) is 1.60. The average Bonchev–Trinajstić information content (AvgIpc) is 2.71. The summed E-state index contributed by atoms with van der Waals surface area (Å²) in [5.74, 6) is 0.216. The molecule has 0 atom stereocenters. The Morgan fingerprint density at radius 2 is 1.72 bits per heavy atom. The maximum Gasteiger partial charge on any atom is 0.275 e. The zero-order valence-electron chi connectivity index (χ0n) is 17.2. The van der Waals surface area contributed by atoms with Gasteiger partial charge in [-0.25, -0.2) is 4.68 Å². The lowest BCUT2D eigenvalue weighted by molar-refractivity contribution is -0.132. The minimum absolute atomic E-state index is 0.0591. The van der Waals surface area contributed by atoms with Crippen molar-refractivity contribution in [2.75, 3.05) is 13.1 Å². The molecule has 0 aliphatic heterocycles. The summed E-state index contributed by atoms with van der Waals surface area (Å²) in [6.45, 7) is 7.07. The number of aryl methyl sites for hydroxylation is 1. The molecule has 0 saturated heterocycles. The largest absolute Gasteiger partial charge is 0.337 e. The number of aromatic nitrogens is 2. The van der Waals surface area contributed by atoms with Crippen LogP contribution in [0.4, 0.5) is 0 Å². The zero-order chi connectivity index (χ0) is 20.8. The van der Waals surface area contributed by atoms with Crippen LogP contribution in [0.5, 0.6) is 0 Å². The molecule has 3 aromatic rings. The molecule has 1 heterocycles. The van der Waals surface area contributed by atoms with Gasteiger partial charge >= 0.3 is 0 Å². The second-order valence-electron chi connectivity index (χ2n) is 7.60. The van der Waals surface area contributed by atoms with E-state index in [0.29, 0.717) is 24.4 Å². The van der Waals surface area contributed by atoms with E-state index >= 15 is 0 Å². The Morgan fingerprint density at radius 3 is 2.41 bits per heavy atom. The molecule has 5 heteroatoms. The molecule has 3 rings (SSSR count). The van der Waals surface area contributed by atoms with E-state index in [1.165, 1.54) is 4.68 Å². The second kappa shape index (κ2) is 9.32. The number of hydrogen-bond donors (Lipinski definition) is 0. The third-order valence-electron chi connectivity index (χ3n) is 4.71. The summed E-state index contributed by atoms with van der Waals surface area (Å²) in [7, 11) is 0. The fourth-order valence-corrected chi connectivity index (χ4v) is 3.34. The molecule has 0 fully saturated rings. The Bertz CT molecular complexity index is 1070. The van der Waals surface area contributed by atoms with Crippen LogP contribution in [0, 0.1) is 12.8 Å². The molecule has 0 bridgehead atoms. The summed E-state index contributed by atoms with van der Waals surface area (Å²) in [6.07, 6.45) is 3.99. The van der Waals surface area contributed by atoms with E-state index < -0.39 is 0 Å². The Balaban J connectivity index is 1.80. The van der Waals surface area contributed by atoms with E-state index in [1.54, 1.807) is 11.0 Å². The van der Waals surface area contributed by atoms with E-state index in [2.05, 4.69) is 18.9 Å². The third-order valence-corrected chi connectivity index (χ3v) is 4.71. The van der Waals surface area contributed by atoms with Gasteiger partial charge in [-0.2, -0.15) is 5.10 Å². The van der Waals surface area contributed by atoms with E-state index in [0.717, 1.165) is 16.6 Å². The first-order valence-corrected chi connectivity index (χ1v) is 9.91. The van der Waals surface area contributed by atoms with Crippen LogP contribution >= 0.6 is 0 Å². The quantitative estimate of drug-likeness (QED) is 0.616. The van der Waals surface area contributed by atoms with Crippen LogP contribution in [0.1, 0.15) is 25.1 Å². The normalized spacial score (nSPS) is 11.4. The molecular formula is C24H27N3O2. The molecule has 1 aromatic heterocycles. The molecule has 0 aliphatic rings. The Labute approximate surface area is 171 Å². The van der Waals surface area contributed by atoms with Crippen molar-refractivity contribution < 1.29 is 4.79 Å². The standard InChI is InChI=1S/C24H27N3O2/c1-18(2)16-26(15-9-12-20-10-5-4-6-11-20)23(28)17-27-24(29)22-14-8-7-13-21(22)19(3)25-27/h4-14,18H,15-17H2,1-3H3/b12-9+. The maximum absolute atomic E-state index is 13.0. The predicted octanol–water partition coefficient (Wildman–Crippen LogP) is 3.90. The molecule has 0 aliphatic carbocycles. The van der Waals surface area contributed by atoms with E-state index in [4.69, 9.17) is 0 Å². The molecule has 2 aromatic carbocycles. The van der Waals surface area contributed by atoms with Crippen molar-refractivity contribution in [2.45, 2.75) is 27.3 Å². The van der Waals surface area contributed by atoms with Crippen LogP contribution in [0.3, 0.4) is 0 Å². The first kappa shape index (κ1) is 20.5. The summed E-state index contributed by atoms with van der Waals surface area (Å²) in [5, 5.41) is 5.78. The van der Waals surface area contributed by atoms with E-state index in [1.807, 2.05) is 67.6 Å². The number of rotatable bonds is 7. The first-order chi connectivity index (χ1) is 14.0. The van der Waals surface area contributed by atoms with Crippen LogP contribution in [0.25, 0.3) is 16.8 Å². The molecular weight excluding hydrogens is 362 g/mol. The van der Waals surface area contributed by atoms with Gasteiger partial charge in [0.2, 0.25) is 5.91 Å². The minimum Gasteiger partial charge on any atom is -0.337 e. The molecule has 0 unspecified atom stereocenters. The minimum atomic E-state index is -0.233. The zero-order valence-corrected chi connectivity index (χ0v) is 17.2. The summed E-state index contributed by atoms with van der Waals surface area (Å²) < 4.78 is 1.29. The van der Waals surface area contributed by atoms with Crippen molar-refractivity contribution in [2.24, 2.45) is 5.92 Å². The van der Waals surface area contributed by atoms with Crippen LogP contribution < -0.4 is 5.56 Å². The van der Waals surface area contributed by atoms with Gasteiger partial charge in [0.05, 0.1) is 11.1 Å². The van der Waals surface area contributed by atoms with Gasteiger partial charge in [-0.3, -0.25) is 9.59 Å². The molecule has 0 spiro atoms. The Kier molecular flexibility index (Phi) is 6.60. The highest BCUT2D eigenvalue weighted by Crippen LogP contribution is 2.12. The van der Waals surface area contributed by atoms with Crippen molar-refractivity contribution in [1.29, 1.82) is 0 Å². The molecule has 1 amide bonds. The van der Waals surface area contributed by atoms with Crippen LogP contribution in [0.15, 0.2) is 65.5 Å². The van der Waals surface area contributed by atoms with Crippen molar-refractivity contribution >= 4 is 22.8 Å². The lowest BCUT2D eigenvalue weighted by Gasteiger charge is -2.23. The Hall–Kier alpha value is -3.21. The number of fused-ring (bicyclic) bond motifs is 1. The van der Waals surface area contributed by atoms with E-state index in [9.17, 15) is 9.59 Å². The molecule has 0 radical (unpaired) electrons. The molecule has 0 saturated carbocycles. The SMILES string of the molecule is Cc1nn(CC(=O)N(C/C=C/c2ccccc2)CC(C)C)c(=O)c2ccccc12. The summed E-state index contributed by atoms with van der Waals surface area (Å²) in [4.78, 5) is 27.5. The van der Waals surface area contributed by atoms with Crippen LogP contribution in [-0.4, -0.2) is 33.7 Å². The number of benzene rings is 2. The van der Waals surface area contributed by atoms with Crippen molar-refractivity contribution in [1.82, 2.24) is 14.7 Å². The fraction of sp³-hybridized carbons (Fsp3) is 0.292. The lowest BCUT2D eigenvalue weighted by atomic mass is 10.1. The fourth-order valence-electron chi connectivity index (χ4n) is 3.34. The van der Waals surface area contributed by atoms with Crippen LogP contribution in [0.2, 0.25) is 0 Å². The smallest absolute Gasteiger partial charge is 0.275 e. The average molecular weight is 389 g/mol. The summed E-state index contributed by atoms with van der Waals surface area (Å²) >= 11 is 0. The van der Waals surface area contributed by atoms with Gasteiger partial charge in [-0.15, -0.1) is 0 Å². The predicted molar refractivity (Wildman–Crippen MR) is 118 cm³/mol. The number of amides is 1. The second-order valence-corrected chi connectivity index (χ2v) is 7.60. The van der Waals surface area contributed by atoms with Gasteiger partial charge in [-0.05, 0) is 24.5 Å². The number of carbonyl (C=O) groups excluding carboxylic acids is 1. The number of carbonyl (C=O) groups is 1. The van der Waals surface area contributed by atoms with Gasteiger partial charge in [0.25, 0.3) is 5.56 Å². The van der Waals surface area contributed by atoms with Gasteiger partial charge < -0.3 is 4.90 Å². The Morgan fingerprint density at radius 1 is 1.07 bits per heavy atom. The topological polar surface area (TPSA) is 55.2 Å². The number of hydrogen-bond acceptors (Lipinski definition) is 3. The molecule has 5 nitrogen and oxygen atoms in total. The van der Waals surface area contributed by atoms with Crippen molar-refractivity contribution in [3.05, 3.63) is 82.3 Å². The van der Waals surface area contributed by atoms with Crippen molar-refractivity contribution in [3.63, 3.8) is 0 Å². The van der Waals surface area contributed by atoms with Gasteiger partial charge in [-0.1, -0.05) is 74.5 Å². The third kappa shape index (κ3) is 5.19. The number of nitrogens with zero attached hydrogens (tertiary/aromatic N) is 3. The monoisotopic (exact) mass is 389 g/mol. The highest BCUT2D eigenvalue weighted by molar-refractivity contribution is 5.83. The van der Waals surface area contributed by atoms with Gasteiger partial charge in [0, 0.05) is 18.5 Å². The first-order valence-electron chi connectivity index (χ1n) is 9.91. The van der Waals surface area contributed by atoms with E-state index in [-0.39, 0.29) is 18.0 Å². The highest BCUT2D eigenvalue weighted by atomic mass is 16.2. The summed E-state index contributed by atoms with van der Waals surface area (Å²) in [6, 6.07) is 17.4. The highest BCUT2D eigenvalue weighted by Gasteiger charge is 2.17. The van der Waals surface area contributed by atoms with Gasteiger partial charge in [0.15, 0.2) is 0 Å². The van der Waals surface area contributed by atoms with Crippen LogP contribution in [-0.2, 0) is 11.3 Å². The maximum atomic E-state index is 13.0. The van der Waals surface area contributed by atoms with Crippen molar-refractivity contribution in [3.8, 4) is 0 Å². The lowest BCUT2D eigenvalue weighted by Crippen LogP contribution is -2.39.